The molecule has 0 aromatic heterocycles. The fourth-order valence-corrected chi connectivity index (χ4v) is 3.47. The minimum atomic E-state index is -3.65. The van der Waals surface area contributed by atoms with Crippen molar-refractivity contribution in [3.8, 4) is 0 Å². The van der Waals surface area contributed by atoms with E-state index in [1.54, 1.807) is 6.07 Å². The molecule has 0 aliphatic heterocycles. The summed E-state index contributed by atoms with van der Waals surface area (Å²) < 4.78 is 25.4. The summed E-state index contributed by atoms with van der Waals surface area (Å²) in [7, 11) is -0.842. The second-order valence-electron chi connectivity index (χ2n) is 6.40. The number of nitrogens with one attached hydrogen (secondary N) is 2. The number of hydrazine groups is 1. The summed E-state index contributed by atoms with van der Waals surface area (Å²) in [6.45, 7) is 1.90. The Bertz CT molecular complexity index is 990. The Hall–Kier alpha value is -2.42. The number of sulfonamides is 1. The van der Waals surface area contributed by atoms with Crippen molar-refractivity contribution in [1.82, 2.24) is 15.2 Å². The van der Waals surface area contributed by atoms with E-state index in [0.717, 1.165) is 15.4 Å². The van der Waals surface area contributed by atoms with Gasteiger partial charge in [0.2, 0.25) is 15.9 Å². The molecule has 9 heteroatoms. The van der Waals surface area contributed by atoms with Gasteiger partial charge in [-0.15, -0.1) is 0 Å². The summed E-state index contributed by atoms with van der Waals surface area (Å²) in [6.07, 6.45) is 0.632. The second-order valence-corrected chi connectivity index (χ2v) is 8.96. The van der Waals surface area contributed by atoms with Crippen molar-refractivity contribution in [3.05, 3.63) is 64.2 Å². The molecule has 0 spiro atoms. The maximum Gasteiger partial charge on any atom is 0.269 e. The van der Waals surface area contributed by atoms with Gasteiger partial charge in [-0.1, -0.05) is 29.8 Å². The highest BCUT2D eigenvalue weighted by atomic mass is 35.5. The Labute approximate surface area is 169 Å². The molecule has 2 N–H and O–H groups in total. The number of hydrogen-bond donors (Lipinski definition) is 2. The van der Waals surface area contributed by atoms with Gasteiger partial charge in [0.25, 0.3) is 5.91 Å². The largest absolute Gasteiger partial charge is 0.273 e. The first-order valence-corrected chi connectivity index (χ1v) is 10.3. The standard InChI is InChI=1S/C19H22ClN3O4S/c1-13-7-8-14(11-17(13)20)9-10-18(24)21-22-19(25)15-5-4-6-16(12-15)28(26,27)23(2)3/h4-8,11-12H,9-10H2,1-3H3,(H,21,24)(H,22,25). The number of carbonyl (C=O) groups is 2. The van der Waals surface area contributed by atoms with E-state index in [9.17, 15) is 18.0 Å². The van der Waals surface area contributed by atoms with Crippen LogP contribution in [0.5, 0.6) is 0 Å². The Morgan fingerprint density at radius 1 is 1.07 bits per heavy atom. The van der Waals surface area contributed by atoms with Crippen molar-refractivity contribution in [2.24, 2.45) is 0 Å². The van der Waals surface area contributed by atoms with Gasteiger partial charge < -0.3 is 0 Å². The van der Waals surface area contributed by atoms with Gasteiger partial charge in [-0.05, 0) is 48.7 Å². The van der Waals surface area contributed by atoms with E-state index >= 15 is 0 Å². The normalized spacial score (nSPS) is 11.3. The minimum Gasteiger partial charge on any atom is -0.273 e. The van der Waals surface area contributed by atoms with Gasteiger partial charge in [0, 0.05) is 31.1 Å². The number of halogens is 1. The Balaban J connectivity index is 1.93. The van der Waals surface area contributed by atoms with Crippen LogP contribution in [0, 0.1) is 6.92 Å². The fraction of sp³-hybridized carbons (Fsp3) is 0.263. The van der Waals surface area contributed by atoms with Crippen LogP contribution >= 0.6 is 11.6 Å². The van der Waals surface area contributed by atoms with Crippen molar-refractivity contribution in [2.45, 2.75) is 24.7 Å². The summed E-state index contributed by atoms with van der Waals surface area (Å²) in [5, 5.41) is 0.638. The van der Waals surface area contributed by atoms with Crippen LogP contribution in [0.4, 0.5) is 0 Å². The number of carbonyl (C=O) groups excluding carboxylic acids is 2. The lowest BCUT2D eigenvalue weighted by Gasteiger charge is -2.12. The molecule has 150 valence electrons. The number of rotatable bonds is 6. The zero-order valence-corrected chi connectivity index (χ0v) is 17.4. The van der Waals surface area contributed by atoms with Gasteiger partial charge in [0.1, 0.15) is 0 Å². The lowest BCUT2D eigenvalue weighted by atomic mass is 10.1. The maximum absolute atomic E-state index is 12.2. The molecule has 0 aliphatic rings. The predicted molar refractivity (Wildman–Crippen MR) is 107 cm³/mol. The van der Waals surface area contributed by atoms with Crippen molar-refractivity contribution in [1.29, 1.82) is 0 Å². The molecule has 0 aliphatic carbocycles. The molecule has 7 nitrogen and oxygen atoms in total. The Morgan fingerprint density at radius 3 is 2.43 bits per heavy atom. The molecule has 0 atom stereocenters. The first-order valence-electron chi connectivity index (χ1n) is 8.48. The quantitative estimate of drug-likeness (QED) is 0.697. The highest BCUT2D eigenvalue weighted by Crippen LogP contribution is 2.17. The average Bonchev–Trinajstić information content (AvgIpc) is 2.67. The Kier molecular flexibility index (Phi) is 7.17. The van der Waals surface area contributed by atoms with E-state index in [0.29, 0.717) is 11.4 Å². The van der Waals surface area contributed by atoms with Crippen molar-refractivity contribution < 1.29 is 18.0 Å². The monoisotopic (exact) mass is 423 g/mol. The van der Waals surface area contributed by atoms with Gasteiger partial charge >= 0.3 is 0 Å². The van der Waals surface area contributed by atoms with Crippen LogP contribution in [0.2, 0.25) is 5.02 Å². The molecule has 2 rings (SSSR count). The average molecular weight is 424 g/mol. The maximum atomic E-state index is 12.2. The van der Waals surface area contributed by atoms with Gasteiger partial charge in [0.05, 0.1) is 4.90 Å². The van der Waals surface area contributed by atoms with Crippen LogP contribution in [0.15, 0.2) is 47.4 Å². The van der Waals surface area contributed by atoms with Crippen molar-refractivity contribution >= 4 is 33.4 Å². The molecule has 0 saturated carbocycles. The molecule has 0 saturated heterocycles. The number of nitrogens with zero attached hydrogens (tertiary/aromatic N) is 1. The van der Waals surface area contributed by atoms with Gasteiger partial charge in [0.15, 0.2) is 0 Å². The SMILES string of the molecule is Cc1ccc(CCC(=O)NNC(=O)c2cccc(S(=O)(=O)N(C)C)c2)cc1Cl. The van der Waals surface area contributed by atoms with Gasteiger partial charge in [-0.3, -0.25) is 20.4 Å². The van der Waals surface area contributed by atoms with E-state index in [1.807, 2.05) is 19.1 Å². The van der Waals surface area contributed by atoms with E-state index in [1.165, 1.54) is 38.4 Å². The highest BCUT2D eigenvalue weighted by Gasteiger charge is 2.18. The van der Waals surface area contributed by atoms with Crippen LogP contribution in [0.3, 0.4) is 0 Å². The number of hydrogen-bond acceptors (Lipinski definition) is 4. The van der Waals surface area contributed by atoms with E-state index in [2.05, 4.69) is 10.9 Å². The third-order valence-corrected chi connectivity index (χ3v) is 6.29. The molecular weight excluding hydrogens is 402 g/mol. The summed E-state index contributed by atoms with van der Waals surface area (Å²) in [5.41, 5.74) is 6.61. The van der Waals surface area contributed by atoms with E-state index in [4.69, 9.17) is 11.6 Å². The van der Waals surface area contributed by atoms with Crippen LogP contribution in [-0.2, 0) is 21.2 Å². The smallest absolute Gasteiger partial charge is 0.269 e. The van der Waals surface area contributed by atoms with Crippen LogP contribution in [0.1, 0.15) is 27.9 Å². The lowest BCUT2D eigenvalue weighted by Crippen LogP contribution is -2.41. The number of benzene rings is 2. The summed E-state index contributed by atoms with van der Waals surface area (Å²) in [5.74, 6) is -0.982. The van der Waals surface area contributed by atoms with E-state index < -0.39 is 15.9 Å². The summed E-state index contributed by atoms with van der Waals surface area (Å²) in [4.78, 5) is 24.2. The molecule has 28 heavy (non-hydrogen) atoms. The van der Waals surface area contributed by atoms with Crippen LogP contribution in [-0.4, -0.2) is 38.6 Å². The predicted octanol–water partition coefficient (Wildman–Crippen LogP) is 2.29. The molecule has 0 heterocycles. The zero-order chi connectivity index (χ0) is 20.9. The second kappa shape index (κ2) is 9.18. The number of amides is 2. The van der Waals surface area contributed by atoms with Gasteiger partial charge in [-0.25, -0.2) is 12.7 Å². The molecular formula is C19H22ClN3O4S. The van der Waals surface area contributed by atoms with Gasteiger partial charge in [-0.2, -0.15) is 0 Å². The lowest BCUT2D eigenvalue weighted by molar-refractivity contribution is -0.121. The van der Waals surface area contributed by atoms with Crippen LogP contribution in [0.25, 0.3) is 0 Å². The third kappa shape index (κ3) is 5.54. The summed E-state index contributed by atoms with van der Waals surface area (Å²) in [6, 6.07) is 11.2. The van der Waals surface area contributed by atoms with Crippen molar-refractivity contribution in [3.63, 3.8) is 0 Å². The molecule has 2 amide bonds. The minimum absolute atomic E-state index is 0.00673. The molecule has 0 unspecified atom stereocenters. The zero-order valence-electron chi connectivity index (χ0n) is 15.8. The molecule has 0 radical (unpaired) electrons. The number of aryl methyl sites for hydroxylation is 2. The Morgan fingerprint density at radius 2 is 1.79 bits per heavy atom. The van der Waals surface area contributed by atoms with Crippen LogP contribution < -0.4 is 10.9 Å². The molecule has 0 bridgehead atoms. The molecule has 2 aromatic carbocycles. The van der Waals surface area contributed by atoms with Crippen molar-refractivity contribution in [2.75, 3.05) is 14.1 Å². The molecule has 0 fully saturated rings. The topological polar surface area (TPSA) is 95.6 Å². The third-order valence-electron chi connectivity index (χ3n) is 4.07. The fourth-order valence-electron chi connectivity index (χ4n) is 2.32. The highest BCUT2D eigenvalue weighted by molar-refractivity contribution is 7.89. The summed E-state index contributed by atoms with van der Waals surface area (Å²) >= 11 is 6.06. The first-order chi connectivity index (χ1) is 13.1. The van der Waals surface area contributed by atoms with E-state index in [-0.39, 0.29) is 22.8 Å². The molecule has 2 aromatic rings. The first kappa shape index (κ1) is 21.9.